The molecule has 0 unspecified atom stereocenters. The molecule has 2 bridgehead atoms. The molecule has 3 nitrogen and oxygen atoms in total. The molecule has 22 heavy (non-hydrogen) atoms. The molecule has 1 radical (unpaired) electrons. The molecule has 0 heterocycles. The van der Waals surface area contributed by atoms with Crippen molar-refractivity contribution in [3.63, 3.8) is 0 Å². The Labute approximate surface area is 129 Å². The molecule has 0 spiro atoms. The Kier molecular flexibility index (Phi) is 2.83. The molecule has 1 N–H and O–H groups in total. The maximum absolute atomic E-state index is 11.9. The average molecular weight is 290 g/mol. The summed E-state index contributed by atoms with van der Waals surface area (Å²) in [6, 6.07) is 8.04. The fourth-order valence-corrected chi connectivity index (χ4v) is 3.72. The van der Waals surface area contributed by atoms with E-state index in [-0.39, 0.29) is 0 Å². The molecule has 0 aliphatic heterocycles. The molecule has 3 heteroatoms. The predicted octanol–water partition coefficient (Wildman–Crippen LogP) is 3.45. The van der Waals surface area contributed by atoms with Crippen LogP contribution >= 0.6 is 0 Å². The summed E-state index contributed by atoms with van der Waals surface area (Å²) in [5.74, 6) is 0.265. The van der Waals surface area contributed by atoms with E-state index in [4.69, 9.17) is 10.5 Å². The number of benzene rings is 2. The number of nitrogens with one attached hydrogen (secondary N) is 1. The van der Waals surface area contributed by atoms with Gasteiger partial charge in [-0.25, -0.2) is 0 Å². The van der Waals surface area contributed by atoms with Crippen LogP contribution in [0.4, 0.5) is 0 Å². The molecule has 4 rings (SSSR count). The van der Waals surface area contributed by atoms with Crippen LogP contribution in [0.5, 0.6) is 5.75 Å². The lowest BCUT2D eigenvalue weighted by molar-refractivity contribution is 0.0992. The number of methoxy groups -OCH3 is 1. The summed E-state index contributed by atoms with van der Waals surface area (Å²) in [4.78, 5) is 11.9. The minimum Gasteiger partial charge on any atom is -0.496 e. The van der Waals surface area contributed by atoms with Crippen molar-refractivity contribution in [2.75, 3.05) is 7.11 Å². The van der Waals surface area contributed by atoms with Gasteiger partial charge in [0.2, 0.25) is 0 Å². The van der Waals surface area contributed by atoms with E-state index in [1.165, 1.54) is 11.1 Å². The molecule has 2 aliphatic carbocycles. The van der Waals surface area contributed by atoms with Crippen LogP contribution in [0, 0.1) is 0 Å². The van der Waals surface area contributed by atoms with Crippen LogP contribution in [0.3, 0.4) is 0 Å². The van der Waals surface area contributed by atoms with Crippen molar-refractivity contribution in [3.8, 4) is 16.9 Å². The topological polar surface area (TPSA) is 50.1 Å². The van der Waals surface area contributed by atoms with Gasteiger partial charge in [0.05, 0.1) is 7.11 Å². The lowest BCUT2D eigenvalue weighted by Crippen LogP contribution is -2.05. The van der Waals surface area contributed by atoms with Gasteiger partial charge in [-0.05, 0) is 47.6 Å². The highest BCUT2D eigenvalue weighted by molar-refractivity contribution is 6.03. The lowest BCUT2D eigenvalue weighted by atomic mass is 9.89. The van der Waals surface area contributed by atoms with Crippen molar-refractivity contribution in [3.05, 3.63) is 58.2 Å². The summed E-state index contributed by atoms with van der Waals surface area (Å²) in [5.41, 5.74) is 14.6. The first-order valence-electron chi connectivity index (χ1n) is 7.48. The van der Waals surface area contributed by atoms with Crippen molar-refractivity contribution in [1.82, 2.24) is 5.73 Å². The molecular weight excluding hydrogens is 274 g/mol. The normalized spacial score (nSPS) is 14.2. The Balaban J connectivity index is 2.06. The first-order chi connectivity index (χ1) is 10.7. The van der Waals surface area contributed by atoms with Crippen molar-refractivity contribution < 1.29 is 9.53 Å². The molecular formula is C19H16NO2. The van der Waals surface area contributed by atoms with Crippen LogP contribution in [0.2, 0.25) is 0 Å². The maximum Gasteiger partial charge on any atom is 0.270 e. The van der Waals surface area contributed by atoms with E-state index < -0.39 is 5.91 Å². The lowest BCUT2D eigenvalue weighted by Gasteiger charge is -2.16. The molecule has 0 saturated carbocycles. The van der Waals surface area contributed by atoms with E-state index in [1.807, 2.05) is 18.2 Å². The van der Waals surface area contributed by atoms with Gasteiger partial charge in [-0.1, -0.05) is 30.4 Å². The van der Waals surface area contributed by atoms with Gasteiger partial charge in [-0.15, -0.1) is 0 Å². The second kappa shape index (κ2) is 4.73. The number of hydrogen-bond donors (Lipinski definition) is 0. The third-order valence-electron chi connectivity index (χ3n) is 4.64. The molecule has 2 aromatic rings. The van der Waals surface area contributed by atoms with E-state index in [0.29, 0.717) is 5.56 Å². The van der Waals surface area contributed by atoms with Crippen LogP contribution < -0.4 is 10.5 Å². The number of carbonyl (C=O) groups is 1. The second-order valence-electron chi connectivity index (χ2n) is 5.78. The van der Waals surface area contributed by atoms with Gasteiger partial charge in [0.25, 0.3) is 5.91 Å². The molecule has 109 valence electrons. The highest BCUT2D eigenvalue weighted by atomic mass is 16.5. The van der Waals surface area contributed by atoms with Crippen molar-refractivity contribution in [2.45, 2.75) is 19.3 Å². The van der Waals surface area contributed by atoms with Crippen LogP contribution in [0.15, 0.2) is 30.3 Å². The largest absolute Gasteiger partial charge is 0.496 e. The van der Waals surface area contributed by atoms with Crippen LogP contribution in [-0.4, -0.2) is 13.0 Å². The summed E-state index contributed by atoms with van der Waals surface area (Å²) in [6.07, 6.45) is 6.93. The average Bonchev–Trinajstić information content (AvgIpc) is 3.10. The highest BCUT2D eigenvalue weighted by Crippen LogP contribution is 2.44. The molecule has 0 aromatic heterocycles. The zero-order valence-electron chi connectivity index (χ0n) is 12.4. The Bertz CT molecular complexity index is 834. The van der Waals surface area contributed by atoms with Gasteiger partial charge in [-0.2, -0.15) is 0 Å². The number of amides is 1. The summed E-state index contributed by atoms with van der Waals surface area (Å²) in [7, 11) is 1.68. The Hall–Kier alpha value is -2.55. The van der Waals surface area contributed by atoms with Crippen molar-refractivity contribution >= 4 is 12.0 Å². The van der Waals surface area contributed by atoms with Crippen LogP contribution in [0.1, 0.15) is 32.6 Å². The number of carbonyl (C=O) groups excluding carboxylic acids is 1. The number of aryl methyl sites for hydroxylation is 1. The predicted molar refractivity (Wildman–Crippen MR) is 86.0 cm³/mol. The first-order valence-corrected chi connectivity index (χ1v) is 7.48. The van der Waals surface area contributed by atoms with Gasteiger partial charge >= 0.3 is 0 Å². The third kappa shape index (κ3) is 1.72. The molecule has 0 atom stereocenters. The maximum atomic E-state index is 11.9. The van der Waals surface area contributed by atoms with E-state index in [0.717, 1.165) is 47.3 Å². The van der Waals surface area contributed by atoms with E-state index in [2.05, 4.69) is 18.2 Å². The van der Waals surface area contributed by atoms with Gasteiger partial charge in [-0.3, -0.25) is 10.5 Å². The SMILES string of the molecule is COc1c2cc(C([NH])=O)c(-c3cccc4c3C=CC4)c1CC2. The Morgan fingerprint density at radius 2 is 2.09 bits per heavy atom. The third-order valence-corrected chi connectivity index (χ3v) is 4.64. The Morgan fingerprint density at radius 3 is 2.86 bits per heavy atom. The quantitative estimate of drug-likeness (QED) is 0.869. The summed E-state index contributed by atoms with van der Waals surface area (Å²) in [5, 5.41) is 0. The minimum absolute atomic E-state index is 0.497. The van der Waals surface area contributed by atoms with Gasteiger partial charge in [0, 0.05) is 16.7 Å². The molecule has 2 aromatic carbocycles. The summed E-state index contributed by atoms with van der Waals surface area (Å²) in [6.45, 7) is 0. The smallest absolute Gasteiger partial charge is 0.270 e. The van der Waals surface area contributed by atoms with Crippen LogP contribution in [-0.2, 0) is 19.3 Å². The fraction of sp³-hybridized carbons (Fsp3) is 0.211. The van der Waals surface area contributed by atoms with Crippen molar-refractivity contribution in [1.29, 1.82) is 0 Å². The van der Waals surface area contributed by atoms with Gasteiger partial charge in [0.1, 0.15) is 5.75 Å². The zero-order valence-corrected chi connectivity index (χ0v) is 12.4. The highest BCUT2D eigenvalue weighted by Gasteiger charge is 2.28. The van der Waals surface area contributed by atoms with Crippen LogP contribution in [0.25, 0.3) is 17.2 Å². The number of allylic oxidation sites excluding steroid dienone is 1. The number of fused-ring (bicyclic) bond motifs is 3. The van der Waals surface area contributed by atoms with E-state index >= 15 is 0 Å². The number of rotatable bonds is 3. The van der Waals surface area contributed by atoms with Crippen molar-refractivity contribution in [2.24, 2.45) is 0 Å². The van der Waals surface area contributed by atoms with E-state index in [1.54, 1.807) is 7.11 Å². The Morgan fingerprint density at radius 1 is 1.23 bits per heavy atom. The first kappa shape index (κ1) is 13.1. The van der Waals surface area contributed by atoms with E-state index in [9.17, 15) is 4.79 Å². The minimum atomic E-state index is -0.623. The monoisotopic (exact) mass is 290 g/mol. The number of hydrogen-bond acceptors (Lipinski definition) is 2. The zero-order chi connectivity index (χ0) is 15.3. The van der Waals surface area contributed by atoms with Gasteiger partial charge < -0.3 is 4.74 Å². The fourth-order valence-electron chi connectivity index (χ4n) is 3.72. The van der Waals surface area contributed by atoms with Gasteiger partial charge in [0.15, 0.2) is 0 Å². The summed E-state index contributed by atoms with van der Waals surface area (Å²) < 4.78 is 5.56. The number of ether oxygens (including phenoxy) is 1. The summed E-state index contributed by atoms with van der Waals surface area (Å²) >= 11 is 0. The molecule has 2 aliphatic rings. The standard InChI is InChI=1S/C19H16NO2/c1-22-18-12-8-9-15(18)17(16(10-12)19(20)21)14-7-3-5-11-4-2-6-13(11)14/h2-3,5-7,10,20H,4,8-9H2,1H3. The second-order valence-corrected chi connectivity index (χ2v) is 5.78. The molecule has 0 fully saturated rings. The molecule has 0 saturated heterocycles. The molecule has 1 amide bonds.